The lowest BCUT2D eigenvalue weighted by molar-refractivity contribution is 0.0427. The number of ether oxygens (including phenoxy) is 1. The van der Waals surface area contributed by atoms with Crippen molar-refractivity contribution in [2.75, 3.05) is 18.0 Å². The van der Waals surface area contributed by atoms with Gasteiger partial charge in [0.2, 0.25) is 5.95 Å². The molecule has 1 saturated heterocycles. The molecule has 166 valence electrons. The minimum Gasteiger partial charge on any atom is -0.444 e. The Balaban J connectivity index is 1.57. The Morgan fingerprint density at radius 1 is 1.26 bits per heavy atom. The highest BCUT2D eigenvalue weighted by Gasteiger charge is 2.49. The van der Waals surface area contributed by atoms with E-state index in [-0.39, 0.29) is 23.1 Å². The van der Waals surface area contributed by atoms with E-state index in [9.17, 15) is 9.59 Å². The number of carbonyl (C=O) groups is 1. The lowest BCUT2D eigenvalue weighted by Crippen LogP contribution is -2.48. The number of fused-ring (bicyclic) bond motifs is 1. The topological polar surface area (TPSA) is 76.5 Å². The van der Waals surface area contributed by atoms with Crippen molar-refractivity contribution < 1.29 is 9.53 Å². The second-order valence-electron chi connectivity index (χ2n) is 9.61. The van der Waals surface area contributed by atoms with Crippen molar-refractivity contribution in [1.82, 2.24) is 14.9 Å². The summed E-state index contributed by atoms with van der Waals surface area (Å²) >= 11 is 4.18. The molecule has 1 aromatic heterocycles. The Morgan fingerprint density at radius 3 is 2.61 bits per heavy atom. The van der Waals surface area contributed by atoms with Crippen LogP contribution in [0.4, 0.5) is 10.7 Å². The lowest BCUT2D eigenvalue weighted by atomic mass is 9.73. The Hall–Kier alpha value is -2.48. The van der Waals surface area contributed by atoms with Crippen LogP contribution in [-0.2, 0) is 18.2 Å². The number of alkyl carbamates (subject to hydrolysis) is 1. The number of piperidine rings is 1. The molecule has 0 radical (unpaired) electrons. The average molecular weight is 443 g/mol. The minimum atomic E-state index is -0.547. The van der Waals surface area contributed by atoms with Crippen molar-refractivity contribution >= 4 is 24.7 Å². The molecule has 1 aliphatic carbocycles. The van der Waals surface area contributed by atoms with Gasteiger partial charge in [-0.2, -0.15) is 0 Å². The van der Waals surface area contributed by atoms with Gasteiger partial charge in [-0.05, 0) is 51.2 Å². The fourth-order valence-electron chi connectivity index (χ4n) is 4.88. The third-order valence-corrected chi connectivity index (χ3v) is 6.66. The number of benzene rings is 1. The van der Waals surface area contributed by atoms with E-state index < -0.39 is 5.60 Å². The zero-order valence-corrected chi connectivity index (χ0v) is 19.4. The number of rotatable bonds is 2. The molecule has 1 spiro atoms. The normalized spacial score (nSPS) is 19.9. The highest BCUT2D eigenvalue weighted by molar-refractivity contribution is 7.80. The summed E-state index contributed by atoms with van der Waals surface area (Å²) in [4.78, 5) is 31.9. The second-order valence-corrected chi connectivity index (χ2v) is 10.1. The molecule has 2 heterocycles. The first kappa shape index (κ1) is 21.7. The van der Waals surface area contributed by atoms with Gasteiger partial charge in [0, 0.05) is 31.7 Å². The van der Waals surface area contributed by atoms with E-state index in [0.717, 1.165) is 32.4 Å². The quantitative estimate of drug-likeness (QED) is 0.697. The van der Waals surface area contributed by atoms with Gasteiger partial charge in [0.15, 0.2) is 0 Å². The maximum absolute atomic E-state index is 12.7. The van der Waals surface area contributed by atoms with Crippen LogP contribution in [0.1, 0.15) is 50.8 Å². The molecule has 31 heavy (non-hydrogen) atoms. The van der Waals surface area contributed by atoms with Crippen LogP contribution in [0.25, 0.3) is 0 Å². The van der Waals surface area contributed by atoms with Crippen LogP contribution in [-0.4, -0.2) is 34.3 Å². The average Bonchev–Trinajstić information content (AvgIpc) is 2.99. The summed E-state index contributed by atoms with van der Waals surface area (Å²) in [5.41, 5.74) is 1.67. The summed E-state index contributed by atoms with van der Waals surface area (Å²) in [6.07, 6.45) is 3.80. The van der Waals surface area contributed by atoms with E-state index >= 15 is 0 Å². The molecule has 0 saturated carbocycles. The number of nitrogens with zero attached hydrogens (tertiary/aromatic N) is 3. The molecule has 1 aliphatic heterocycles. The number of hydrogen-bond acceptors (Lipinski definition) is 6. The summed E-state index contributed by atoms with van der Waals surface area (Å²) < 4.78 is 7.12. The summed E-state index contributed by atoms with van der Waals surface area (Å²) in [5, 5.41) is 3.17. The van der Waals surface area contributed by atoms with Crippen LogP contribution in [0.3, 0.4) is 0 Å². The van der Waals surface area contributed by atoms with Crippen LogP contribution < -0.4 is 15.8 Å². The van der Waals surface area contributed by atoms with E-state index in [0.29, 0.717) is 10.8 Å². The van der Waals surface area contributed by atoms with Crippen molar-refractivity contribution in [3.05, 3.63) is 51.9 Å². The fourth-order valence-corrected chi connectivity index (χ4v) is 5.09. The van der Waals surface area contributed by atoms with E-state index in [2.05, 4.69) is 46.0 Å². The summed E-state index contributed by atoms with van der Waals surface area (Å²) in [6.45, 7) is 7.13. The van der Waals surface area contributed by atoms with Gasteiger partial charge in [-0.1, -0.05) is 24.3 Å². The van der Waals surface area contributed by atoms with Crippen molar-refractivity contribution in [1.29, 1.82) is 0 Å². The zero-order chi connectivity index (χ0) is 22.4. The number of carbonyl (C=O) groups excluding carboxylic acids is 1. The molecule has 1 N–H and O–H groups in total. The highest BCUT2D eigenvalue weighted by atomic mass is 32.1. The minimum absolute atomic E-state index is 0.0839. The second kappa shape index (κ2) is 7.89. The molecule has 8 heteroatoms. The fraction of sp³-hybridized carbons (Fsp3) is 0.522. The Labute approximate surface area is 188 Å². The molecule has 1 atom stereocenters. The van der Waals surface area contributed by atoms with Crippen LogP contribution in [0, 0.1) is 5.41 Å². The zero-order valence-electron chi connectivity index (χ0n) is 18.5. The van der Waals surface area contributed by atoms with Gasteiger partial charge in [0.1, 0.15) is 5.60 Å². The number of aromatic nitrogens is 2. The summed E-state index contributed by atoms with van der Waals surface area (Å²) in [5.74, 6) is 0.657. The lowest BCUT2D eigenvalue weighted by Gasteiger charge is -2.44. The van der Waals surface area contributed by atoms with E-state index in [4.69, 9.17) is 4.74 Å². The van der Waals surface area contributed by atoms with Gasteiger partial charge >= 0.3 is 6.09 Å². The van der Waals surface area contributed by atoms with Gasteiger partial charge in [0.25, 0.3) is 5.56 Å². The molecular weight excluding hydrogens is 412 g/mol. The smallest absolute Gasteiger partial charge is 0.408 e. The Kier molecular flexibility index (Phi) is 5.54. The largest absolute Gasteiger partial charge is 0.444 e. The molecule has 0 unspecified atom stereocenters. The standard InChI is InChI=1S/C23H30N4O3S/c1-22(2,3)30-21(29)25-18-16-8-6-5-7-15(16)13-23(18)9-11-27(12-10-23)20-24-14-17(31)19(28)26(20)4/h5-8,14,18,31H,9-13H2,1-4H3,(H,25,29)/t18-/m1/s1. The third-order valence-electron chi connectivity index (χ3n) is 6.35. The van der Waals surface area contributed by atoms with Gasteiger partial charge < -0.3 is 15.0 Å². The van der Waals surface area contributed by atoms with E-state index in [1.165, 1.54) is 17.3 Å². The van der Waals surface area contributed by atoms with Crippen LogP contribution >= 0.6 is 12.6 Å². The first-order valence-electron chi connectivity index (χ1n) is 10.7. The molecule has 7 nitrogen and oxygen atoms in total. The van der Waals surface area contributed by atoms with Gasteiger partial charge in [-0.15, -0.1) is 12.6 Å². The van der Waals surface area contributed by atoms with E-state index in [1.807, 2.05) is 26.8 Å². The van der Waals surface area contributed by atoms with Gasteiger partial charge in [0.05, 0.1) is 10.9 Å². The number of thiol groups is 1. The molecule has 1 amide bonds. The SMILES string of the molecule is Cn1c(N2CCC3(CC2)Cc2ccccc2[C@H]3NC(=O)OC(C)(C)C)ncc(S)c1=O. The molecule has 1 aromatic carbocycles. The van der Waals surface area contributed by atoms with Crippen molar-refractivity contribution in [2.24, 2.45) is 12.5 Å². The molecule has 2 aliphatic rings. The predicted molar refractivity (Wildman–Crippen MR) is 123 cm³/mol. The van der Waals surface area contributed by atoms with Crippen molar-refractivity contribution in [3.8, 4) is 0 Å². The molecule has 0 bridgehead atoms. The van der Waals surface area contributed by atoms with E-state index in [1.54, 1.807) is 11.6 Å². The summed E-state index contributed by atoms with van der Waals surface area (Å²) in [6, 6.07) is 8.23. The highest BCUT2D eigenvalue weighted by Crippen LogP contribution is 2.52. The molecular formula is C23H30N4O3S. The van der Waals surface area contributed by atoms with Crippen molar-refractivity contribution in [2.45, 2.75) is 56.6 Å². The Bertz CT molecular complexity index is 1050. The van der Waals surface area contributed by atoms with Crippen LogP contribution in [0.5, 0.6) is 0 Å². The monoisotopic (exact) mass is 442 g/mol. The predicted octanol–water partition coefficient (Wildman–Crippen LogP) is 3.48. The number of hydrogen-bond donors (Lipinski definition) is 2. The third kappa shape index (κ3) is 4.18. The van der Waals surface area contributed by atoms with Gasteiger partial charge in [-0.3, -0.25) is 9.36 Å². The van der Waals surface area contributed by atoms with Crippen LogP contribution in [0.2, 0.25) is 0 Å². The van der Waals surface area contributed by atoms with Gasteiger partial charge in [-0.25, -0.2) is 9.78 Å². The van der Waals surface area contributed by atoms with Crippen LogP contribution in [0.15, 0.2) is 40.2 Å². The first-order chi connectivity index (χ1) is 14.6. The van der Waals surface area contributed by atoms with Crippen molar-refractivity contribution in [3.63, 3.8) is 0 Å². The number of amides is 1. The number of nitrogens with one attached hydrogen (secondary N) is 1. The molecule has 2 aromatic rings. The molecule has 1 fully saturated rings. The first-order valence-corrected chi connectivity index (χ1v) is 11.1. The maximum atomic E-state index is 12.7. The maximum Gasteiger partial charge on any atom is 0.408 e. The molecule has 4 rings (SSSR count). The summed E-state index contributed by atoms with van der Waals surface area (Å²) in [7, 11) is 1.73. The Morgan fingerprint density at radius 2 is 1.94 bits per heavy atom. The number of anilines is 1.